The van der Waals surface area contributed by atoms with Crippen LogP contribution in [-0.2, 0) is 0 Å². The van der Waals surface area contributed by atoms with Crippen molar-refractivity contribution in [1.29, 1.82) is 0 Å². The van der Waals surface area contributed by atoms with Crippen LogP contribution in [0.15, 0.2) is 30.9 Å². The monoisotopic (exact) mass is 162 g/mol. The Morgan fingerprint density at radius 1 is 1.42 bits per heavy atom. The standard InChI is InChI=1S/C8H6N2O2/c11-8(12)10-2-1-6-3-9-4-7(6)5-10/h1-5H,(H,11,12). The second-order valence-electron chi connectivity index (χ2n) is 2.45. The molecule has 4 heteroatoms. The summed E-state index contributed by atoms with van der Waals surface area (Å²) in [5.74, 6) is 0. The highest BCUT2D eigenvalue weighted by Crippen LogP contribution is 2.19. The lowest BCUT2D eigenvalue weighted by molar-refractivity contribution is 0.196. The third kappa shape index (κ3) is 0.934. The lowest BCUT2D eigenvalue weighted by Gasteiger charge is -2.01. The maximum Gasteiger partial charge on any atom is 0.415 e. The third-order valence-electron chi connectivity index (χ3n) is 1.67. The van der Waals surface area contributed by atoms with Crippen LogP contribution < -0.4 is 0 Å². The predicted molar refractivity (Wildman–Crippen MR) is 42.3 cm³/mol. The maximum absolute atomic E-state index is 10.5. The molecule has 0 fully saturated rings. The molecule has 2 heterocycles. The fourth-order valence-corrected chi connectivity index (χ4v) is 1.07. The van der Waals surface area contributed by atoms with Crippen LogP contribution in [0, 0.1) is 0 Å². The number of hydrogen-bond acceptors (Lipinski definition) is 2. The van der Waals surface area contributed by atoms with Gasteiger partial charge in [0, 0.05) is 35.9 Å². The van der Waals surface area contributed by atoms with Crippen molar-refractivity contribution in [2.24, 2.45) is 0 Å². The number of carbonyl (C=O) groups is 1. The predicted octanol–water partition coefficient (Wildman–Crippen LogP) is 1.51. The molecule has 0 bridgehead atoms. The molecule has 0 saturated heterocycles. The minimum atomic E-state index is -0.988. The van der Waals surface area contributed by atoms with Gasteiger partial charge in [-0.1, -0.05) is 0 Å². The highest BCUT2D eigenvalue weighted by molar-refractivity contribution is 5.72. The van der Waals surface area contributed by atoms with Crippen LogP contribution in [0.5, 0.6) is 0 Å². The van der Waals surface area contributed by atoms with Gasteiger partial charge in [-0.05, 0) is 6.07 Å². The first-order valence-electron chi connectivity index (χ1n) is 3.42. The lowest BCUT2D eigenvalue weighted by Crippen LogP contribution is -2.07. The van der Waals surface area contributed by atoms with E-state index in [0.29, 0.717) is 0 Å². The van der Waals surface area contributed by atoms with E-state index in [1.54, 1.807) is 18.5 Å². The topological polar surface area (TPSA) is 55.1 Å². The molecule has 12 heavy (non-hydrogen) atoms. The van der Waals surface area contributed by atoms with Crippen molar-refractivity contribution in [3.05, 3.63) is 30.9 Å². The number of pyridine rings is 1. The van der Waals surface area contributed by atoms with Crippen LogP contribution in [0.2, 0.25) is 0 Å². The van der Waals surface area contributed by atoms with Gasteiger partial charge in [-0.15, -0.1) is 0 Å². The zero-order valence-electron chi connectivity index (χ0n) is 6.14. The number of nitrogens with zero attached hydrogens (tertiary/aromatic N) is 2. The van der Waals surface area contributed by atoms with Gasteiger partial charge in [0.1, 0.15) is 0 Å². The van der Waals surface area contributed by atoms with Gasteiger partial charge in [0.25, 0.3) is 0 Å². The van der Waals surface area contributed by atoms with Crippen molar-refractivity contribution < 1.29 is 9.90 Å². The van der Waals surface area contributed by atoms with Crippen molar-refractivity contribution in [3.8, 4) is 11.1 Å². The number of fused-ring (bicyclic) bond motifs is 1. The van der Waals surface area contributed by atoms with Gasteiger partial charge in [-0.2, -0.15) is 0 Å². The normalized spacial score (nSPS) is 10.3. The van der Waals surface area contributed by atoms with Gasteiger partial charge in [0.2, 0.25) is 0 Å². The molecule has 0 aromatic carbocycles. The third-order valence-corrected chi connectivity index (χ3v) is 1.67. The van der Waals surface area contributed by atoms with E-state index < -0.39 is 6.09 Å². The molecule has 2 aliphatic heterocycles. The molecule has 0 spiro atoms. The molecule has 0 unspecified atom stereocenters. The van der Waals surface area contributed by atoms with Crippen LogP contribution >= 0.6 is 0 Å². The Kier molecular flexibility index (Phi) is 1.33. The van der Waals surface area contributed by atoms with E-state index in [9.17, 15) is 4.79 Å². The van der Waals surface area contributed by atoms with Gasteiger partial charge in [-0.25, -0.2) is 4.79 Å². The second kappa shape index (κ2) is 2.34. The van der Waals surface area contributed by atoms with E-state index in [2.05, 4.69) is 4.98 Å². The molecule has 2 aliphatic rings. The van der Waals surface area contributed by atoms with Gasteiger partial charge in [0.05, 0.1) is 0 Å². The summed E-state index contributed by atoms with van der Waals surface area (Å²) in [6.07, 6.45) is 5.37. The molecule has 0 aromatic heterocycles. The molecule has 2 rings (SSSR count). The summed E-state index contributed by atoms with van der Waals surface area (Å²) in [4.78, 5) is 14.4. The molecule has 4 nitrogen and oxygen atoms in total. The first kappa shape index (κ1) is 6.84. The van der Waals surface area contributed by atoms with Crippen molar-refractivity contribution in [3.63, 3.8) is 0 Å². The van der Waals surface area contributed by atoms with E-state index in [4.69, 9.17) is 5.11 Å². The molecule has 0 amide bonds. The van der Waals surface area contributed by atoms with E-state index >= 15 is 0 Å². The van der Waals surface area contributed by atoms with Crippen LogP contribution in [-0.4, -0.2) is 20.8 Å². The Morgan fingerprint density at radius 3 is 2.92 bits per heavy atom. The summed E-state index contributed by atoms with van der Waals surface area (Å²) in [5, 5.41) is 8.62. The fourth-order valence-electron chi connectivity index (χ4n) is 1.07. The molecule has 0 saturated carbocycles. The van der Waals surface area contributed by atoms with Crippen LogP contribution in [0.4, 0.5) is 4.79 Å². The summed E-state index contributed by atoms with van der Waals surface area (Å²) in [5.41, 5.74) is 1.78. The number of hydrogen-bond donors (Lipinski definition) is 1. The highest BCUT2D eigenvalue weighted by Gasteiger charge is 2.05. The number of carboxylic acid groups (broad SMARTS) is 1. The van der Waals surface area contributed by atoms with E-state index in [1.165, 1.54) is 12.4 Å². The molecule has 0 aliphatic carbocycles. The minimum absolute atomic E-state index is 0.833. The molecule has 0 atom stereocenters. The second-order valence-corrected chi connectivity index (χ2v) is 2.45. The molecule has 60 valence electrons. The molecular weight excluding hydrogens is 156 g/mol. The van der Waals surface area contributed by atoms with Gasteiger partial charge >= 0.3 is 6.09 Å². The van der Waals surface area contributed by atoms with E-state index in [-0.39, 0.29) is 0 Å². The summed E-state index contributed by atoms with van der Waals surface area (Å²) in [6.45, 7) is 0. The first-order valence-corrected chi connectivity index (χ1v) is 3.42. The Morgan fingerprint density at radius 2 is 2.17 bits per heavy atom. The SMILES string of the molecule is O=C(O)n1ccc2cncc-2c1. The molecule has 0 radical (unpaired) electrons. The largest absolute Gasteiger partial charge is 0.464 e. The summed E-state index contributed by atoms with van der Waals surface area (Å²) >= 11 is 0. The Labute approximate surface area is 68.4 Å². The van der Waals surface area contributed by atoms with Gasteiger partial charge < -0.3 is 5.11 Å². The molecular formula is C8H6N2O2. The van der Waals surface area contributed by atoms with Gasteiger partial charge in [0.15, 0.2) is 0 Å². The van der Waals surface area contributed by atoms with Crippen molar-refractivity contribution >= 4 is 6.09 Å². The van der Waals surface area contributed by atoms with Crippen molar-refractivity contribution in [2.45, 2.75) is 0 Å². The average molecular weight is 162 g/mol. The zero-order valence-corrected chi connectivity index (χ0v) is 6.14. The first-order chi connectivity index (χ1) is 5.77. The highest BCUT2D eigenvalue weighted by atomic mass is 16.4. The fraction of sp³-hybridized carbons (Fsp3) is 0. The lowest BCUT2D eigenvalue weighted by atomic mass is 10.2. The number of rotatable bonds is 0. The Balaban J connectivity index is 2.62. The smallest absolute Gasteiger partial charge is 0.415 e. The maximum atomic E-state index is 10.5. The van der Waals surface area contributed by atoms with Crippen molar-refractivity contribution in [2.75, 3.05) is 0 Å². The molecule has 1 N–H and O–H groups in total. The number of aromatic nitrogens is 2. The summed E-state index contributed by atoms with van der Waals surface area (Å²) < 4.78 is 1.10. The molecule has 0 aromatic rings. The Hall–Kier alpha value is -1.84. The Bertz CT molecular complexity index is 394. The summed E-state index contributed by atoms with van der Waals surface area (Å²) in [7, 11) is 0. The summed E-state index contributed by atoms with van der Waals surface area (Å²) in [6, 6.07) is 1.72. The zero-order chi connectivity index (χ0) is 8.55. The van der Waals surface area contributed by atoms with Gasteiger partial charge in [-0.3, -0.25) is 9.55 Å². The van der Waals surface area contributed by atoms with Crippen LogP contribution in [0.3, 0.4) is 0 Å². The van der Waals surface area contributed by atoms with E-state index in [0.717, 1.165) is 15.7 Å². The van der Waals surface area contributed by atoms with Crippen molar-refractivity contribution in [1.82, 2.24) is 9.55 Å². The van der Waals surface area contributed by atoms with E-state index in [1.807, 2.05) is 0 Å². The van der Waals surface area contributed by atoms with Crippen LogP contribution in [0.1, 0.15) is 0 Å². The average Bonchev–Trinajstić information content (AvgIpc) is 2.49. The quantitative estimate of drug-likeness (QED) is 0.638. The minimum Gasteiger partial charge on any atom is -0.464 e. The van der Waals surface area contributed by atoms with Crippen LogP contribution in [0.25, 0.3) is 11.1 Å².